The van der Waals surface area contributed by atoms with Gasteiger partial charge in [0.1, 0.15) is 164 Å². The predicted molar refractivity (Wildman–Crippen MR) is 367 cm³/mol. The molecule has 6 fully saturated rings. The molecule has 3 aromatic rings. The van der Waals surface area contributed by atoms with E-state index in [2.05, 4.69) is 21.3 Å². The van der Waals surface area contributed by atoms with Crippen LogP contribution in [0, 0.1) is 0 Å². The van der Waals surface area contributed by atoms with E-state index in [1.54, 1.807) is 60.7 Å². The Kier molecular flexibility index (Phi) is 33.8. The number of hydrogen-bond acceptors (Lipinski definition) is 38. The monoisotopic (exact) mass is 1600 g/mol. The summed E-state index contributed by atoms with van der Waals surface area (Å²) >= 11 is 0. The van der Waals surface area contributed by atoms with E-state index in [9.17, 15) is 116 Å². The van der Waals surface area contributed by atoms with Gasteiger partial charge in [0.25, 0.3) is 11.8 Å². The van der Waals surface area contributed by atoms with Crippen LogP contribution >= 0.6 is 0 Å². The summed E-state index contributed by atoms with van der Waals surface area (Å²) in [7, 11) is 0. The standard InChI is InChI=1S/C70H100N4O38/c1-30(81)73-46-52(89)60(109-69-58(95)62(50(87)40(23-77)105-69)111-67-56(93)54(91)48(85)38(21-75)103-67)42(25-79)107-65(46)98-15-7-13-71-44(83)28-100-36-12-6-11-33(18-36)34-17-35(64(97)102-27-32-9-4-3-5-10-32)20-37(19-34)101-29-45(84)72-14-8-16-99-66-47(74-31(2)82)53(90)61(43(26-80)108-66)110-70-59(96)63(51(88)41(24-78)106-70)112-68-57(94)55(92)49(86)39(22-76)104-68/h3-6,9-12,17-20,38-43,46-63,65-70,75-80,85-96H,7-8,13-16,21-29H2,1-2H3,(H,71,83)(H,72,84)(H,73,81)(H,74,82). The van der Waals surface area contributed by atoms with E-state index in [-0.39, 0.29) is 62.8 Å². The van der Waals surface area contributed by atoms with Gasteiger partial charge < -0.3 is 184 Å². The molecule has 22 N–H and O–H groups in total. The Hall–Kier alpha value is -6.59. The van der Waals surface area contributed by atoms with Crippen molar-refractivity contribution in [2.75, 3.05) is 79.2 Å². The zero-order valence-corrected chi connectivity index (χ0v) is 60.6. The highest BCUT2D eigenvalue weighted by Gasteiger charge is 2.57. The number of nitrogens with one attached hydrogen (secondary N) is 4. The van der Waals surface area contributed by atoms with Crippen LogP contribution < -0.4 is 30.7 Å². The van der Waals surface area contributed by atoms with Crippen LogP contribution in [0.2, 0.25) is 0 Å². The second kappa shape index (κ2) is 42.3. The smallest absolute Gasteiger partial charge is 0.338 e. The fourth-order valence-electron chi connectivity index (χ4n) is 13.1. The molecule has 628 valence electrons. The lowest BCUT2D eigenvalue weighted by molar-refractivity contribution is -0.376. The van der Waals surface area contributed by atoms with Crippen LogP contribution in [0.25, 0.3) is 11.1 Å². The first-order valence-corrected chi connectivity index (χ1v) is 36.0. The number of hydrogen-bond donors (Lipinski definition) is 22. The molecule has 0 bridgehead atoms. The highest BCUT2D eigenvalue weighted by Crippen LogP contribution is 2.37. The maximum Gasteiger partial charge on any atom is 0.338 e. The fourth-order valence-corrected chi connectivity index (χ4v) is 13.1. The average Bonchev–Trinajstić information content (AvgIpc) is 0.784. The Bertz CT molecular complexity index is 3450. The second-order valence-corrected chi connectivity index (χ2v) is 27.2. The van der Waals surface area contributed by atoms with Gasteiger partial charge in [-0.05, 0) is 59.9 Å². The highest BCUT2D eigenvalue weighted by atomic mass is 16.8. The number of esters is 1. The van der Waals surface area contributed by atoms with E-state index >= 15 is 0 Å². The lowest BCUT2D eigenvalue weighted by Crippen LogP contribution is -2.68. The van der Waals surface area contributed by atoms with Gasteiger partial charge in [-0.25, -0.2) is 4.79 Å². The zero-order chi connectivity index (χ0) is 81.2. The first kappa shape index (κ1) is 89.3. The number of carbonyl (C=O) groups excluding carboxylic acids is 5. The first-order chi connectivity index (χ1) is 53.6. The minimum Gasteiger partial charge on any atom is -0.484 e. The van der Waals surface area contributed by atoms with E-state index in [0.717, 1.165) is 13.8 Å². The van der Waals surface area contributed by atoms with Gasteiger partial charge in [0, 0.05) is 26.9 Å². The molecule has 30 atom stereocenters. The molecule has 6 aliphatic heterocycles. The Morgan fingerprint density at radius 3 is 1.21 bits per heavy atom. The molecule has 3 aromatic carbocycles. The zero-order valence-electron chi connectivity index (χ0n) is 60.6. The van der Waals surface area contributed by atoms with Crippen molar-refractivity contribution in [3.8, 4) is 22.6 Å². The summed E-state index contributed by atoms with van der Waals surface area (Å²) in [5, 5.41) is 201. The predicted octanol–water partition coefficient (Wildman–Crippen LogP) is -10.3. The molecule has 112 heavy (non-hydrogen) atoms. The molecular formula is C70H100N4O38. The molecule has 0 saturated carbocycles. The minimum absolute atomic E-state index is 0.00476. The van der Waals surface area contributed by atoms with Gasteiger partial charge in [-0.15, -0.1) is 0 Å². The van der Waals surface area contributed by atoms with Crippen molar-refractivity contribution < 1.29 is 187 Å². The van der Waals surface area contributed by atoms with E-state index in [4.69, 9.17) is 71.1 Å². The topological polar surface area (TPSA) is 636 Å². The first-order valence-electron chi connectivity index (χ1n) is 36.0. The third kappa shape index (κ3) is 22.7. The lowest BCUT2D eigenvalue weighted by atomic mass is 9.95. The second-order valence-electron chi connectivity index (χ2n) is 27.2. The number of aliphatic hydroxyl groups is 18. The maximum atomic E-state index is 13.7. The Morgan fingerprint density at radius 2 is 0.777 bits per heavy atom. The number of rotatable bonds is 36. The van der Waals surface area contributed by atoms with Crippen molar-refractivity contribution in [2.45, 2.75) is 217 Å². The molecule has 42 nitrogen and oxygen atoms in total. The summed E-state index contributed by atoms with van der Waals surface area (Å²) in [6.45, 7) is -4.52. The van der Waals surface area contributed by atoms with Gasteiger partial charge in [0.2, 0.25) is 11.8 Å². The van der Waals surface area contributed by atoms with Crippen molar-refractivity contribution in [3.63, 3.8) is 0 Å². The SMILES string of the molecule is CC(=O)NC1C(OCCCNC(=O)COc2cccc(-c3cc(OCC(=O)NCCCOC4OC(CO)C(OC5OC(CO)C(O)C(OC6OC(CO)C(O)C(O)C6O)C5O)C(O)C4NC(C)=O)cc(C(=O)OCc4ccccc4)c3)c2)OC(CO)C(OC2OC(CO)C(O)C(OC3OC(CO)C(O)C(O)C3O)C2O)C1O. The number of benzene rings is 3. The minimum atomic E-state index is -2.04. The van der Waals surface area contributed by atoms with Crippen molar-refractivity contribution in [3.05, 3.63) is 83.9 Å². The molecule has 42 heteroatoms. The van der Waals surface area contributed by atoms with Crippen molar-refractivity contribution >= 4 is 29.6 Å². The van der Waals surface area contributed by atoms with Crippen molar-refractivity contribution in [1.29, 1.82) is 0 Å². The van der Waals surface area contributed by atoms with Gasteiger partial charge in [-0.1, -0.05) is 42.5 Å². The van der Waals surface area contributed by atoms with Crippen LogP contribution in [-0.4, -0.2) is 385 Å². The van der Waals surface area contributed by atoms with E-state index in [0.29, 0.717) is 16.7 Å². The van der Waals surface area contributed by atoms with Crippen molar-refractivity contribution in [1.82, 2.24) is 21.3 Å². The number of carbonyl (C=O) groups is 5. The molecular weight excluding hydrogens is 1500 g/mol. The van der Waals surface area contributed by atoms with Crippen LogP contribution in [0.1, 0.15) is 42.6 Å². The molecule has 0 spiro atoms. The Balaban J connectivity index is 0.752. The number of ether oxygens (including phenoxy) is 15. The van der Waals surface area contributed by atoms with E-state index in [1.807, 2.05) is 0 Å². The van der Waals surface area contributed by atoms with Crippen LogP contribution in [0.3, 0.4) is 0 Å². The van der Waals surface area contributed by atoms with Gasteiger partial charge in [0.15, 0.2) is 51.0 Å². The van der Waals surface area contributed by atoms with Crippen LogP contribution in [0.4, 0.5) is 0 Å². The third-order valence-electron chi connectivity index (χ3n) is 19.1. The maximum absolute atomic E-state index is 13.7. The Morgan fingerprint density at radius 1 is 0.384 bits per heavy atom. The van der Waals surface area contributed by atoms with Gasteiger partial charge >= 0.3 is 5.97 Å². The summed E-state index contributed by atoms with van der Waals surface area (Å²) in [6, 6.07) is 16.9. The summed E-state index contributed by atoms with van der Waals surface area (Å²) in [5.74, 6) is -3.04. The third-order valence-corrected chi connectivity index (χ3v) is 19.1. The molecule has 0 aromatic heterocycles. The van der Waals surface area contributed by atoms with Gasteiger partial charge in [-0.3, -0.25) is 19.2 Å². The summed E-state index contributed by atoms with van der Waals surface area (Å²) < 4.78 is 86.1. The number of aliphatic hydroxyl groups excluding tert-OH is 18. The normalized spacial score (nSPS) is 36.2. The molecule has 0 radical (unpaired) electrons. The van der Waals surface area contributed by atoms with Gasteiger partial charge in [-0.2, -0.15) is 0 Å². The van der Waals surface area contributed by atoms with Crippen LogP contribution in [-0.2, 0) is 87.4 Å². The summed E-state index contributed by atoms with van der Waals surface area (Å²) in [6.07, 6.45) is -48.9. The van der Waals surface area contributed by atoms with Crippen LogP contribution in [0.15, 0.2) is 72.8 Å². The quantitative estimate of drug-likeness (QED) is 0.0190. The fraction of sp³-hybridized carbons (Fsp3) is 0.671. The van der Waals surface area contributed by atoms with E-state index in [1.165, 1.54) is 12.1 Å². The average molecular weight is 1610 g/mol. The Labute approximate surface area is 638 Å². The number of amides is 4. The largest absolute Gasteiger partial charge is 0.484 e. The lowest BCUT2D eigenvalue weighted by Gasteiger charge is -2.48. The summed E-state index contributed by atoms with van der Waals surface area (Å²) in [4.78, 5) is 65.0. The molecule has 4 amide bonds. The molecule has 6 aliphatic rings. The van der Waals surface area contributed by atoms with Gasteiger partial charge in [0.05, 0.1) is 58.4 Å². The van der Waals surface area contributed by atoms with E-state index < -0.39 is 267 Å². The van der Waals surface area contributed by atoms with Crippen LogP contribution in [0.5, 0.6) is 11.5 Å². The molecule has 9 rings (SSSR count). The molecule has 0 aliphatic carbocycles. The molecule has 6 saturated heterocycles. The molecule has 30 unspecified atom stereocenters. The molecule has 6 heterocycles. The highest BCUT2D eigenvalue weighted by molar-refractivity contribution is 5.92. The summed E-state index contributed by atoms with van der Waals surface area (Å²) in [5.41, 5.74) is 1.58. The van der Waals surface area contributed by atoms with Crippen molar-refractivity contribution in [2.24, 2.45) is 0 Å².